The third-order valence-electron chi connectivity index (χ3n) is 3.20. The second-order valence-corrected chi connectivity index (χ2v) is 6.26. The molecule has 21 heavy (non-hydrogen) atoms. The van der Waals surface area contributed by atoms with Crippen LogP contribution in [0.5, 0.6) is 0 Å². The molecule has 0 unspecified atom stereocenters. The predicted molar refractivity (Wildman–Crippen MR) is 81.2 cm³/mol. The van der Waals surface area contributed by atoms with Gasteiger partial charge in [0.25, 0.3) is 0 Å². The van der Waals surface area contributed by atoms with Gasteiger partial charge in [0.05, 0.1) is 0 Å². The van der Waals surface area contributed by atoms with E-state index < -0.39 is 17.5 Å². The van der Waals surface area contributed by atoms with Crippen LogP contribution in [-0.4, -0.2) is 49.8 Å². The summed E-state index contributed by atoms with van der Waals surface area (Å²) in [6, 6.07) is 0.115. The van der Waals surface area contributed by atoms with Crippen molar-refractivity contribution in [3.05, 3.63) is 0 Å². The van der Waals surface area contributed by atoms with Gasteiger partial charge in [-0.25, -0.2) is 4.79 Å². The Hall–Kier alpha value is -0.850. The van der Waals surface area contributed by atoms with Crippen LogP contribution in [0.25, 0.3) is 0 Å². The van der Waals surface area contributed by atoms with Gasteiger partial charge in [-0.1, -0.05) is 0 Å². The van der Waals surface area contributed by atoms with Crippen LogP contribution in [0.3, 0.4) is 0 Å². The largest absolute Gasteiger partial charge is 0.444 e. The molecule has 124 valence electrons. The first-order chi connectivity index (χ1) is 9.80. The fraction of sp³-hybridized carbons (Fsp3) is 0.933. The molecule has 6 heteroatoms. The van der Waals surface area contributed by atoms with Gasteiger partial charge in [0, 0.05) is 45.2 Å². The van der Waals surface area contributed by atoms with Gasteiger partial charge in [-0.3, -0.25) is 0 Å². The Balaban J connectivity index is 2.46. The van der Waals surface area contributed by atoms with Crippen molar-refractivity contribution >= 4 is 6.09 Å². The summed E-state index contributed by atoms with van der Waals surface area (Å²) in [5, 5.41) is 6.17. The lowest BCUT2D eigenvalue weighted by Crippen LogP contribution is -2.54. The summed E-state index contributed by atoms with van der Waals surface area (Å²) in [5.41, 5.74) is -0.482. The Labute approximate surface area is 127 Å². The van der Waals surface area contributed by atoms with E-state index in [-0.39, 0.29) is 6.04 Å². The third kappa shape index (κ3) is 6.63. The zero-order valence-corrected chi connectivity index (χ0v) is 14.0. The maximum Gasteiger partial charge on any atom is 0.407 e. The molecular weight excluding hydrogens is 272 g/mol. The van der Waals surface area contributed by atoms with Crippen LogP contribution in [0.4, 0.5) is 4.79 Å². The van der Waals surface area contributed by atoms with Crippen molar-refractivity contribution in [3.63, 3.8) is 0 Å². The Morgan fingerprint density at radius 3 is 2.43 bits per heavy atom. The lowest BCUT2D eigenvalue weighted by Gasteiger charge is -2.40. The smallest absolute Gasteiger partial charge is 0.407 e. The molecule has 6 nitrogen and oxygen atoms in total. The van der Waals surface area contributed by atoms with E-state index in [1.807, 2.05) is 34.6 Å². The van der Waals surface area contributed by atoms with Crippen molar-refractivity contribution in [3.8, 4) is 0 Å². The predicted octanol–water partition coefficient (Wildman–Crippen LogP) is 2.03. The van der Waals surface area contributed by atoms with Gasteiger partial charge in [-0.2, -0.15) is 0 Å². The van der Waals surface area contributed by atoms with E-state index in [1.54, 1.807) is 0 Å². The van der Waals surface area contributed by atoms with Crippen molar-refractivity contribution < 1.29 is 19.0 Å². The minimum absolute atomic E-state index is 0.115. The van der Waals surface area contributed by atoms with Crippen LogP contribution >= 0.6 is 0 Å². The van der Waals surface area contributed by atoms with Crippen molar-refractivity contribution in [2.24, 2.45) is 0 Å². The number of rotatable bonds is 6. The minimum Gasteiger partial charge on any atom is -0.444 e. The molecule has 1 aliphatic heterocycles. The highest BCUT2D eigenvalue weighted by molar-refractivity contribution is 5.67. The molecule has 0 bridgehead atoms. The molecule has 1 rings (SSSR count). The van der Waals surface area contributed by atoms with Gasteiger partial charge in [0.1, 0.15) is 5.60 Å². The van der Waals surface area contributed by atoms with E-state index in [9.17, 15) is 4.79 Å². The highest BCUT2D eigenvalue weighted by atomic mass is 16.7. The Morgan fingerprint density at radius 1 is 1.29 bits per heavy atom. The molecular formula is C15H30N2O4. The molecule has 0 aromatic rings. The van der Waals surface area contributed by atoms with Gasteiger partial charge in [0.15, 0.2) is 5.79 Å². The fourth-order valence-corrected chi connectivity index (χ4v) is 2.51. The topological polar surface area (TPSA) is 68.8 Å². The molecule has 0 radical (unpaired) electrons. The molecule has 1 atom stereocenters. The van der Waals surface area contributed by atoms with Crippen molar-refractivity contribution in [1.82, 2.24) is 10.6 Å². The normalized spacial score (nSPS) is 21.9. The van der Waals surface area contributed by atoms with E-state index in [0.29, 0.717) is 26.2 Å². The average molecular weight is 302 g/mol. The Kier molecular flexibility index (Phi) is 6.90. The Bertz CT molecular complexity index is 317. The summed E-state index contributed by atoms with van der Waals surface area (Å²) >= 11 is 0. The number of hydrogen-bond donors (Lipinski definition) is 2. The number of nitrogens with one attached hydrogen (secondary N) is 2. The summed E-state index contributed by atoms with van der Waals surface area (Å²) in [6.07, 6.45) is 1.13. The second kappa shape index (κ2) is 7.96. The standard InChI is InChI=1S/C15H30N2O4/c1-6-19-15(20-7-2)8-9-16-12(10-15)11-17-13(18)21-14(3,4)5/h12,16H,6-11H2,1-5H3,(H,17,18)/t12-/m0/s1. The van der Waals surface area contributed by atoms with Gasteiger partial charge in [-0.15, -0.1) is 0 Å². The molecule has 0 aromatic carbocycles. The number of carbonyl (C=O) groups is 1. The maximum absolute atomic E-state index is 11.7. The highest BCUT2D eigenvalue weighted by Gasteiger charge is 2.37. The molecule has 0 spiro atoms. The first kappa shape index (κ1) is 18.2. The van der Waals surface area contributed by atoms with Gasteiger partial charge in [0.2, 0.25) is 0 Å². The van der Waals surface area contributed by atoms with Crippen LogP contribution in [0.15, 0.2) is 0 Å². The average Bonchev–Trinajstić information content (AvgIpc) is 2.35. The van der Waals surface area contributed by atoms with Crippen LogP contribution in [0.1, 0.15) is 47.5 Å². The quantitative estimate of drug-likeness (QED) is 0.735. The maximum atomic E-state index is 11.7. The molecule has 1 amide bonds. The molecule has 1 aliphatic rings. The van der Waals surface area contributed by atoms with Gasteiger partial charge < -0.3 is 24.8 Å². The summed E-state index contributed by atoms with van der Waals surface area (Å²) < 4.78 is 16.9. The van der Waals surface area contributed by atoms with Crippen molar-refractivity contribution in [2.75, 3.05) is 26.3 Å². The number of alkyl carbamates (subject to hydrolysis) is 1. The number of amides is 1. The van der Waals surface area contributed by atoms with E-state index >= 15 is 0 Å². The van der Waals surface area contributed by atoms with E-state index in [2.05, 4.69) is 10.6 Å². The van der Waals surface area contributed by atoms with Gasteiger partial charge in [-0.05, 0) is 34.6 Å². The molecule has 1 fully saturated rings. The lowest BCUT2D eigenvalue weighted by atomic mass is 9.97. The number of hydrogen-bond acceptors (Lipinski definition) is 5. The highest BCUT2D eigenvalue weighted by Crippen LogP contribution is 2.27. The molecule has 0 aliphatic carbocycles. The molecule has 1 heterocycles. The van der Waals surface area contributed by atoms with E-state index in [0.717, 1.165) is 13.0 Å². The zero-order valence-electron chi connectivity index (χ0n) is 14.0. The molecule has 0 saturated carbocycles. The zero-order chi connectivity index (χ0) is 15.9. The van der Waals surface area contributed by atoms with E-state index in [1.165, 1.54) is 0 Å². The van der Waals surface area contributed by atoms with Crippen LogP contribution < -0.4 is 10.6 Å². The third-order valence-corrected chi connectivity index (χ3v) is 3.20. The second-order valence-electron chi connectivity index (χ2n) is 6.26. The van der Waals surface area contributed by atoms with Crippen LogP contribution in [0.2, 0.25) is 0 Å². The SMILES string of the molecule is CCOC1(OCC)CCN[C@H](CNC(=O)OC(C)(C)C)C1. The van der Waals surface area contributed by atoms with Crippen molar-refractivity contribution in [2.45, 2.75) is 64.9 Å². The number of piperidine rings is 1. The fourth-order valence-electron chi connectivity index (χ4n) is 2.51. The molecule has 0 aromatic heterocycles. The molecule has 2 N–H and O–H groups in total. The van der Waals surface area contributed by atoms with Crippen LogP contribution in [0, 0.1) is 0 Å². The summed E-state index contributed by atoms with van der Waals surface area (Å²) in [4.78, 5) is 11.7. The van der Waals surface area contributed by atoms with E-state index in [4.69, 9.17) is 14.2 Å². The summed E-state index contributed by atoms with van der Waals surface area (Å²) in [7, 11) is 0. The monoisotopic (exact) mass is 302 g/mol. The number of carbonyl (C=O) groups excluding carboxylic acids is 1. The summed E-state index contributed by atoms with van der Waals surface area (Å²) in [6.45, 7) is 12.0. The van der Waals surface area contributed by atoms with Crippen LogP contribution in [-0.2, 0) is 14.2 Å². The number of ether oxygens (including phenoxy) is 3. The summed E-state index contributed by atoms with van der Waals surface area (Å²) in [5.74, 6) is -0.533. The molecule has 1 saturated heterocycles. The Morgan fingerprint density at radius 2 is 1.90 bits per heavy atom. The first-order valence-corrected chi connectivity index (χ1v) is 7.78. The first-order valence-electron chi connectivity index (χ1n) is 7.78. The van der Waals surface area contributed by atoms with Gasteiger partial charge >= 0.3 is 6.09 Å². The van der Waals surface area contributed by atoms with Crippen molar-refractivity contribution in [1.29, 1.82) is 0 Å². The lowest BCUT2D eigenvalue weighted by molar-refractivity contribution is -0.249. The minimum atomic E-state index is -0.533.